The molecule has 1 fully saturated rings. The molecule has 20 heavy (non-hydrogen) atoms. The lowest BCUT2D eigenvalue weighted by molar-refractivity contribution is -0.0108. The minimum absolute atomic E-state index is 0.169. The molecule has 1 aliphatic carbocycles. The van der Waals surface area contributed by atoms with Crippen molar-refractivity contribution in [1.29, 1.82) is 5.26 Å². The van der Waals surface area contributed by atoms with Gasteiger partial charge in [-0.1, -0.05) is 30.3 Å². The van der Waals surface area contributed by atoms with Gasteiger partial charge in [0.25, 0.3) is 0 Å². The van der Waals surface area contributed by atoms with Crippen molar-refractivity contribution in [1.82, 2.24) is 5.32 Å². The standard InChI is InChI=1S/C17H24N2O/c1-16(2,3)20-12-11-17(13-18,19-15-9-10-15)14-7-5-4-6-8-14/h4-8,15,19H,9-12H2,1-3H3. The fourth-order valence-electron chi connectivity index (χ4n) is 2.26. The third kappa shape index (κ3) is 4.06. The Morgan fingerprint density at radius 1 is 1.25 bits per heavy atom. The Bertz CT molecular complexity index is 468. The summed E-state index contributed by atoms with van der Waals surface area (Å²) >= 11 is 0. The third-order valence-electron chi connectivity index (χ3n) is 3.50. The molecule has 3 heteroatoms. The van der Waals surface area contributed by atoms with E-state index < -0.39 is 5.54 Å². The predicted molar refractivity (Wildman–Crippen MR) is 80.2 cm³/mol. The van der Waals surface area contributed by atoms with Gasteiger partial charge in [-0.3, -0.25) is 5.32 Å². The normalized spacial score (nSPS) is 18.3. The van der Waals surface area contributed by atoms with E-state index in [1.54, 1.807) is 0 Å². The van der Waals surface area contributed by atoms with Crippen molar-refractivity contribution in [2.75, 3.05) is 6.61 Å². The van der Waals surface area contributed by atoms with Crippen LogP contribution in [0.3, 0.4) is 0 Å². The molecule has 108 valence electrons. The summed E-state index contributed by atoms with van der Waals surface area (Å²) in [5, 5.41) is 13.3. The molecule has 2 rings (SSSR count). The van der Waals surface area contributed by atoms with E-state index in [4.69, 9.17) is 4.74 Å². The third-order valence-corrected chi connectivity index (χ3v) is 3.50. The average Bonchev–Trinajstić information content (AvgIpc) is 3.21. The molecule has 3 nitrogen and oxygen atoms in total. The van der Waals surface area contributed by atoms with Crippen molar-refractivity contribution in [3.8, 4) is 6.07 Å². The van der Waals surface area contributed by atoms with Crippen LogP contribution < -0.4 is 5.32 Å². The molecule has 1 aliphatic rings. The van der Waals surface area contributed by atoms with Crippen LogP contribution in [0, 0.1) is 11.3 Å². The van der Waals surface area contributed by atoms with E-state index in [1.807, 2.05) is 51.1 Å². The topological polar surface area (TPSA) is 45.0 Å². The minimum atomic E-state index is -0.631. The van der Waals surface area contributed by atoms with Gasteiger partial charge in [0, 0.05) is 12.5 Å². The first kappa shape index (κ1) is 15.0. The maximum atomic E-state index is 9.77. The quantitative estimate of drug-likeness (QED) is 0.863. The number of hydrogen-bond acceptors (Lipinski definition) is 3. The molecule has 1 atom stereocenters. The summed E-state index contributed by atoms with van der Waals surface area (Å²) in [7, 11) is 0. The van der Waals surface area contributed by atoms with Crippen molar-refractivity contribution in [3.63, 3.8) is 0 Å². The Hall–Kier alpha value is -1.37. The number of hydrogen-bond donors (Lipinski definition) is 1. The summed E-state index contributed by atoms with van der Waals surface area (Å²) in [6.07, 6.45) is 2.99. The van der Waals surface area contributed by atoms with Gasteiger partial charge in [-0.15, -0.1) is 0 Å². The van der Waals surface area contributed by atoms with E-state index >= 15 is 0 Å². The van der Waals surface area contributed by atoms with E-state index in [-0.39, 0.29) is 5.60 Å². The van der Waals surface area contributed by atoms with Crippen LogP contribution >= 0.6 is 0 Å². The zero-order valence-corrected chi connectivity index (χ0v) is 12.6. The number of benzene rings is 1. The number of nitrogens with zero attached hydrogens (tertiary/aromatic N) is 1. The highest BCUT2D eigenvalue weighted by atomic mass is 16.5. The molecule has 0 heterocycles. The van der Waals surface area contributed by atoms with E-state index in [2.05, 4.69) is 11.4 Å². The first-order valence-electron chi connectivity index (χ1n) is 7.34. The van der Waals surface area contributed by atoms with Crippen LogP contribution in [0.2, 0.25) is 0 Å². The molecule has 0 saturated heterocycles. The molecular formula is C17H24N2O. The smallest absolute Gasteiger partial charge is 0.134 e. The van der Waals surface area contributed by atoms with E-state index in [0.29, 0.717) is 19.1 Å². The van der Waals surface area contributed by atoms with Crippen molar-refractivity contribution < 1.29 is 4.74 Å². The van der Waals surface area contributed by atoms with E-state index in [0.717, 1.165) is 18.4 Å². The van der Waals surface area contributed by atoms with Gasteiger partial charge in [-0.2, -0.15) is 5.26 Å². The molecule has 1 saturated carbocycles. The Kier molecular flexibility index (Phi) is 4.47. The fourth-order valence-corrected chi connectivity index (χ4v) is 2.26. The predicted octanol–water partition coefficient (Wildman–Crippen LogP) is 3.36. The largest absolute Gasteiger partial charge is 0.376 e. The van der Waals surface area contributed by atoms with Gasteiger partial charge < -0.3 is 4.74 Å². The van der Waals surface area contributed by atoms with Crippen LogP contribution in [0.15, 0.2) is 30.3 Å². The lowest BCUT2D eigenvalue weighted by Gasteiger charge is -2.30. The maximum absolute atomic E-state index is 9.77. The highest BCUT2D eigenvalue weighted by Crippen LogP contribution is 2.31. The number of ether oxygens (including phenoxy) is 1. The summed E-state index contributed by atoms with van der Waals surface area (Å²) in [4.78, 5) is 0. The summed E-state index contributed by atoms with van der Waals surface area (Å²) in [6, 6.07) is 13.0. The molecule has 0 aliphatic heterocycles. The maximum Gasteiger partial charge on any atom is 0.134 e. The van der Waals surface area contributed by atoms with Crippen LogP contribution in [0.4, 0.5) is 0 Å². The van der Waals surface area contributed by atoms with E-state index in [1.165, 1.54) is 0 Å². The molecule has 0 amide bonds. The zero-order valence-electron chi connectivity index (χ0n) is 12.6. The Morgan fingerprint density at radius 2 is 1.90 bits per heavy atom. The summed E-state index contributed by atoms with van der Waals surface area (Å²) in [6.45, 7) is 6.69. The van der Waals surface area contributed by atoms with Gasteiger partial charge in [0.2, 0.25) is 0 Å². The molecule has 0 spiro atoms. The summed E-state index contributed by atoms with van der Waals surface area (Å²) < 4.78 is 5.82. The zero-order chi connectivity index (χ0) is 14.6. The van der Waals surface area contributed by atoms with Gasteiger partial charge in [0.1, 0.15) is 5.54 Å². The second-order valence-electron chi connectivity index (χ2n) is 6.51. The summed E-state index contributed by atoms with van der Waals surface area (Å²) in [5.41, 5.74) is 0.234. The molecule has 0 radical (unpaired) electrons. The molecule has 1 aromatic rings. The van der Waals surface area contributed by atoms with E-state index in [9.17, 15) is 5.26 Å². The first-order valence-corrected chi connectivity index (χ1v) is 7.34. The minimum Gasteiger partial charge on any atom is -0.376 e. The van der Waals surface area contributed by atoms with Crippen LogP contribution in [0.1, 0.15) is 45.6 Å². The van der Waals surface area contributed by atoms with Gasteiger partial charge in [0.15, 0.2) is 0 Å². The Balaban J connectivity index is 2.13. The van der Waals surface area contributed by atoms with Gasteiger partial charge in [-0.05, 0) is 39.2 Å². The van der Waals surface area contributed by atoms with Crippen molar-refractivity contribution in [2.45, 2.75) is 57.2 Å². The monoisotopic (exact) mass is 272 g/mol. The first-order chi connectivity index (χ1) is 9.45. The van der Waals surface area contributed by atoms with Crippen molar-refractivity contribution in [2.24, 2.45) is 0 Å². The average molecular weight is 272 g/mol. The van der Waals surface area contributed by atoms with Crippen LogP contribution in [0.25, 0.3) is 0 Å². The molecule has 1 N–H and O–H groups in total. The number of nitriles is 1. The summed E-state index contributed by atoms with van der Waals surface area (Å²) in [5.74, 6) is 0. The SMILES string of the molecule is CC(C)(C)OCCC(C#N)(NC1CC1)c1ccccc1. The van der Waals surface area contributed by atoms with Gasteiger partial charge in [0.05, 0.1) is 18.3 Å². The highest BCUT2D eigenvalue weighted by molar-refractivity contribution is 5.32. The second-order valence-corrected chi connectivity index (χ2v) is 6.51. The molecular weight excluding hydrogens is 248 g/mol. The Morgan fingerprint density at radius 3 is 2.40 bits per heavy atom. The lowest BCUT2D eigenvalue weighted by atomic mass is 9.88. The van der Waals surface area contributed by atoms with Crippen molar-refractivity contribution in [3.05, 3.63) is 35.9 Å². The van der Waals surface area contributed by atoms with Gasteiger partial charge in [-0.25, -0.2) is 0 Å². The lowest BCUT2D eigenvalue weighted by Crippen LogP contribution is -2.44. The second kappa shape index (κ2) is 5.95. The highest BCUT2D eigenvalue weighted by Gasteiger charge is 2.38. The van der Waals surface area contributed by atoms with Crippen molar-refractivity contribution >= 4 is 0 Å². The van der Waals surface area contributed by atoms with Crippen LogP contribution in [-0.4, -0.2) is 18.2 Å². The van der Waals surface area contributed by atoms with Crippen LogP contribution in [-0.2, 0) is 10.3 Å². The Labute approximate surface area is 121 Å². The molecule has 1 aromatic carbocycles. The molecule has 1 unspecified atom stereocenters. The molecule has 0 bridgehead atoms. The fraction of sp³-hybridized carbons (Fsp3) is 0.588. The molecule has 0 aromatic heterocycles. The number of nitrogens with one attached hydrogen (secondary N) is 1. The van der Waals surface area contributed by atoms with Crippen LogP contribution in [0.5, 0.6) is 0 Å². The van der Waals surface area contributed by atoms with Gasteiger partial charge >= 0.3 is 0 Å². The number of rotatable bonds is 6.